The van der Waals surface area contributed by atoms with Crippen LogP contribution in [0.15, 0.2) is 28.2 Å². The van der Waals surface area contributed by atoms with Crippen LogP contribution in [0.3, 0.4) is 0 Å². The molecule has 0 saturated heterocycles. The standard InChI is InChI=1S/C10H7BrFNS/c1-6-4-7(2-3-8(6)12)10-13-9(11)5-14-10/h2-5H,1H3. The first-order valence-electron chi connectivity index (χ1n) is 4.04. The Balaban J connectivity index is 2.47. The van der Waals surface area contributed by atoms with Crippen LogP contribution in [-0.4, -0.2) is 4.98 Å². The van der Waals surface area contributed by atoms with E-state index in [1.54, 1.807) is 19.1 Å². The minimum atomic E-state index is -0.177. The van der Waals surface area contributed by atoms with E-state index in [2.05, 4.69) is 20.9 Å². The number of aryl methyl sites for hydroxylation is 1. The maximum absolute atomic E-state index is 13.0. The van der Waals surface area contributed by atoms with Crippen LogP contribution < -0.4 is 0 Å². The quantitative estimate of drug-likeness (QED) is 0.764. The first-order chi connectivity index (χ1) is 6.66. The van der Waals surface area contributed by atoms with E-state index in [9.17, 15) is 4.39 Å². The Bertz CT molecular complexity index is 467. The lowest BCUT2D eigenvalue weighted by molar-refractivity contribution is 0.619. The van der Waals surface area contributed by atoms with Gasteiger partial charge < -0.3 is 0 Å². The van der Waals surface area contributed by atoms with Crippen LogP contribution in [-0.2, 0) is 0 Å². The summed E-state index contributed by atoms with van der Waals surface area (Å²) in [6.07, 6.45) is 0. The fraction of sp³-hybridized carbons (Fsp3) is 0.100. The molecule has 14 heavy (non-hydrogen) atoms. The third-order valence-corrected chi connectivity index (χ3v) is 3.48. The van der Waals surface area contributed by atoms with Crippen LogP contribution in [0.2, 0.25) is 0 Å². The summed E-state index contributed by atoms with van der Waals surface area (Å²) in [6.45, 7) is 1.75. The summed E-state index contributed by atoms with van der Waals surface area (Å²) in [7, 11) is 0. The summed E-state index contributed by atoms with van der Waals surface area (Å²) in [5.74, 6) is -0.177. The Kier molecular flexibility index (Phi) is 2.65. The van der Waals surface area contributed by atoms with E-state index in [0.717, 1.165) is 15.2 Å². The van der Waals surface area contributed by atoms with Gasteiger partial charge >= 0.3 is 0 Å². The fourth-order valence-electron chi connectivity index (χ4n) is 1.16. The SMILES string of the molecule is Cc1cc(-c2nc(Br)cs2)ccc1F. The van der Waals surface area contributed by atoms with Gasteiger partial charge in [-0.3, -0.25) is 0 Å². The van der Waals surface area contributed by atoms with Crippen molar-refractivity contribution in [2.24, 2.45) is 0 Å². The smallest absolute Gasteiger partial charge is 0.126 e. The van der Waals surface area contributed by atoms with Gasteiger partial charge in [-0.1, -0.05) is 0 Å². The number of halogens is 2. The van der Waals surface area contributed by atoms with Crippen molar-refractivity contribution in [2.45, 2.75) is 6.92 Å². The van der Waals surface area contributed by atoms with Gasteiger partial charge in [0.2, 0.25) is 0 Å². The van der Waals surface area contributed by atoms with Crippen LogP contribution in [0.5, 0.6) is 0 Å². The van der Waals surface area contributed by atoms with Gasteiger partial charge in [0.25, 0.3) is 0 Å². The van der Waals surface area contributed by atoms with E-state index in [1.807, 2.05) is 5.38 Å². The predicted molar refractivity (Wildman–Crippen MR) is 59.9 cm³/mol. The van der Waals surface area contributed by atoms with Crippen LogP contribution >= 0.6 is 27.3 Å². The van der Waals surface area contributed by atoms with Crippen molar-refractivity contribution >= 4 is 27.3 Å². The van der Waals surface area contributed by atoms with E-state index in [4.69, 9.17) is 0 Å². The molecule has 2 aromatic rings. The molecule has 0 atom stereocenters. The molecule has 0 bridgehead atoms. The Morgan fingerprint density at radius 3 is 2.79 bits per heavy atom. The lowest BCUT2D eigenvalue weighted by Gasteiger charge is -1.99. The highest BCUT2D eigenvalue weighted by atomic mass is 79.9. The van der Waals surface area contributed by atoms with E-state index in [1.165, 1.54) is 17.4 Å². The van der Waals surface area contributed by atoms with Gasteiger partial charge in [0.15, 0.2) is 0 Å². The second-order valence-electron chi connectivity index (χ2n) is 2.94. The van der Waals surface area contributed by atoms with Gasteiger partial charge in [0.05, 0.1) is 0 Å². The average molecular weight is 272 g/mol. The average Bonchev–Trinajstić information content (AvgIpc) is 2.57. The summed E-state index contributed by atoms with van der Waals surface area (Å²) >= 11 is 4.82. The minimum Gasteiger partial charge on any atom is -0.229 e. The second kappa shape index (κ2) is 3.79. The summed E-state index contributed by atoms with van der Waals surface area (Å²) in [5, 5.41) is 2.81. The van der Waals surface area contributed by atoms with Crippen molar-refractivity contribution in [2.75, 3.05) is 0 Å². The number of rotatable bonds is 1. The first-order valence-corrected chi connectivity index (χ1v) is 5.71. The van der Waals surface area contributed by atoms with E-state index < -0.39 is 0 Å². The molecule has 0 aliphatic carbocycles. The second-order valence-corrected chi connectivity index (χ2v) is 4.61. The Morgan fingerprint density at radius 2 is 2.21 bits per heavy atom. The van der Waals surface area contributed by atoms with Gasteiger partial charge in [-0.05, 0) is 46.6 Å². The highest BCUT2D eigenvalue weighted by Crippen LogP contribution is 2.27. The molecule has 0 radical (unpaired) electrons. The van der Waals surface area contributed by atoms with Crippen LogP contribution in [0.4, 0.5) is 4.39 Å². The zero-order valence-electron chi connectivity index (χ0n) is 7.42. The zero-order valence-corrected chi connectivity index (χ0v) is 9.82. The molecule has 72 valence electrons. The molecular weight excluding hydrogens is 265 g/mol. The maximum Gasteiger partial charge on any atom is 0.126 e. The number of hydrogen-bond donors (Lipinski definition) is 0. The lowest BCUT2D eigenvalue weighted by atomic mass is 10.1. The molecule has 4 heteroatoms. The number of aromatic nitrogens is 1. The molecule has 0 N–H and O–H groups in total. The lowest BCUT2D eigenvalue weighted by Crippen LogP contribution is -1.83. The third-order valence-electron chi connectivity index (χ3n) is 1.88. The normalized spacial score (nSPS) is 10.5. The minimum absolute atomic E-state index is 0.177. The van der Waals surface area contributed by atoms with E-state index in [0.29, 0.717) is 5.56 Å². The molecule has 0 saturated carbocycles. The van der Waals surface area contributed by atoms with Crippen LogP contribution in [0.1, 0.15) is 5.56 Å². The third kappa shape index (κ3) is 1.86. The molecule has 0 fully saturated rings. The Morgan fingerprint density at radius 1 is 1.43 bits per heavy atom. The molecule has 1 aromatic carbocycles. The number of thiazole rings is 1. The molecule has 0 unspecified atom stereocenters. The van der Waals surface area contributed by atoms with Gasteiger partial charge in [-0.2, -0.15) is 0 Å². The predicted octanol–water partition coefficient (Wildman–Crippen LogP) is 4.02. The Hall–Kier alpha value is -0.740. The van der Waals surface area contributed by atoms with Crippen molar-refractivity contribution in [1.29, 1.82) is 0 Å². The molecule has 0 amide bonds. The Labute approximate surface area is 93.7 Å². The molecule has 1 nitrogen and oxygen atoms in total. The summed E-state index contributed by atoms with van der Waals surface area (Å²) in [4.78, 5) is 4.26. The number of hydrogen-bond acceptors (Lipinski definition) is 2. The molecular formula is C10H7BrFNS. The topological polar surface area (TPSA) is 12.9 Å². The maximum atomic E-state index is 13.0. The molecule has 2 rings (SSSR count). The first kappa shape index (κ1) is 9.80. The number of nitrogens with zero attached hydrogens (tertiary/aromatic N) is 1. The van der Waals surface area contributed by atoms with Crippen molar-refractivity contribution in [1.82, 2.24) is 4.98 Å². The molecule has 0 aliphatic heterocycles. The van der Waals surface area contributed by atoms with Crippen LogP contribution in [0.25, 0.3) is 10.6 Å². The molecule has 1 heterocycles. The van der Waals surface area contributed by atoms with Crippen LogP contribution in [0, 0.1) is 12.7 Å². The fourth-order valence-corrected chi connectivity index (χ4v) is 2.42. The van der Waals surface area contributed by atoms with E-state index in [-0.39, 0.29) is 5.82 Å². The van der Waals surface area contributed by atoms with Crippen molar-refractivity contribution in [3.05, 3.63) is 39.6 Å². The summed E-state index contributed by atoms with van der Waals surface area (Å²) in [6, 6.07) is 5.02. The largest absolute Gasteiger partial charge is 0.229 e. The summed E-state index contributed by atoms with van der Waals surface area (Å²) < 4.78 is 13.8. The highest BCUT2D eigenvalue weighted by molar-refractivity contribution is 9.10. The molecule has 0 spiro atoms. The van der Waals surface area contributed by atoms with Crippen molar-refractivity contribution in [3.8, 4) is 10.6 Å². The van der Waals surface area contributed by atoms with E-state index >= 15 is 0 Å². The van der Waals surface area contributed by atoms with Gasteiger partial charge in [-0.25, -0.2) is 9.37 Å². The van der Waals surface area contributed by atoms with Crippen molar-refractivity contribution in [3.63, 3.8) is 0 Å². The van der Waals surface area contributed by atoms with Gasteiger partial charge in [0, 0.05) is 10.9 Å². The van der Waals surface area contributed by atoms with Crippen molar-refractivity contribution < 1.29 is 4.39 Å². The highest BCUT2D eigenvalue weighted by Gasteiger charge is 2.05. The molecule has 1 aromatic heterocycles. The number of benzene rings is 1. The van der Waals surface area contributed by atoms with Gasteiger partial charge in [-0.15, -0.1) is 11.3 Å². The summed E-state index contributed by atoms with van der Waals surface area (Å²) in [5.41, 5.74) is 1.61. The monoisotopic (exact) mass is 271 g/mol. The van der Waals surface area contributed by atoms with Gasteiger partial charge in [0.1, 0.15) is 15.4 Å². The zero-order chi connectivity index (χ0) is 10.1. The molecule has 0 aliphatic rings.